The molecule has 1 N–H and O–H groups in total. The van der Waals surface area contributed by atoms with Gasteiger partial charge in [0.15, 0.2) is 5.69 Å². The van der Waals surface area contributed by atoms with E-state index in [-0.39, 0.29) is 15.9 Å². The lowest BCUT2D eigenvalue weighted by molar-refractivity contribution is 0.0718. The third-order valence-electron chi connectivity index (χ3n) is 2.03. The number of anilines is 1. The quantitative estimate of drug-likeness (QED) is 0.635. The largest absolute Gasteiger partial charge is 0.515 e. The Morgan fingerprint density at radius 2 is 1.75 bits per heavy atom. The number of nitrogens with zero attached hydrogens (tertiary/aromatic N) is 1. The van der Waals surface area contributed by atoms with Crippen molar-refractivity contribution in [1.82, 2.24) is 4.98 Å². The SMILES string of the molecule is C[Si](C)(C)Nc1cc(Cl)nc(C(=O)O[Si](C)(C)C)c1Cl. The highest BCUT2D eigenvalue weighted by Crippen LogP contribution is 2.30. The summed E-state index contributed by atoms with van der Waals surface area (Å²) in [5.41, 5.74) is 0.704. The predicted molar refractivity (Wildman–Crippen MR) is 90.0 cm³/mol. The monoisotopic (exact) mass is 350 g/mol. The Morgan fingerprint density at radius 3 is 2.20 bits per heavy atom. The van der Waals surface area contributed by atoms with Crippen molar-refractivity contribution in [2.45, 2.75) is 39.3 Å². The molecule has 1 rings (SSSR count). The van der Waals surface area contributed by atoms with Crippen LogP contribution in [0.15, 0.2) is 6.07 Å². The highest BCUT2D eigenvalue weighted by Gasteiger charge is 2.26. The van der Waals surface area contributed by atoms with Crippen LogP contribution in [0.25, 0.3) is 0 Å². The van der Waals surface area contributed by atoms with E-state index in [4.69, 9.17) is 27.6 Å². The van der Waals surface area contributed by atoms with Crippen LogP contribution in [0.2, 0.25) is 49.5 Å². The van der Waals surface area contributed by atoms with Gasteiger partial charge in [0.1, 0.15) is 13.4 Å². The van der Waals surface area contributed by atoms with Crippen molar-refractivity contribution in [3.8, 4) is 0 Å². The third-order valence-corrected chi connectivity index (χ3v) is 4.42. The molecule has 8 heteroatoms. The van der Waals surface area contributed by atoms with Gasteiger partial charge in [-0.25, -0.2) is 9.78 Å². The number of halogens is 2. The fourth-order valence-corrected chi connectivity index (χ4v) is 3.61. The second kappa shape index (κ2) is 6.05. The Bertz CT molecular complexity index is 525. The number of aromatic nitrogens is 1. The van der Waals surface area contributed by atoms with E-state index in [1.807, 2.05) is 19.6 Å². The molecule has 0 unspecified atom stereocenters. The Labute approximate surface area is 132 Å². The van der Waals surface area contributed by atoms with Gasteiger partial charge < -0.3 is 9.41 Å². The first-order valence-electron chi connectivity index (χ1n) is 6.26. The van der Waals surface area contributed by atoms with E-state index in [9.17, 15) is 4.79 Å². The average Bonchev–Trinajstić information content (AvgIpc) is 2.18. The molecule has 0 atom stereocenters. The first-order valence-corrected chi connectivity index (χ1v) is 13.9. The van der Waals surface area contributed by atoms with Crippen molar-refractivity contribution in [2.75, 3.05) is 4.98 Å². The maximum absolute atomic E-state index is 12.1. The number of hydrogen-bond acceptors (Lipinski definition) is 4. The molecule has 112 valence electrons. The Hall–Kier alpha value is -0.566. The van der Waals surface area contributed by atoms with E-state index < -0.39 is 22.5 Å². The van der Waals surface area contributed by atoms with Crippen molar-refractivity contribution < 1.29 is 9.22 Å². The molecule has 0 saturated heterocycles. The highest BCUT2D eigenvalue weighted by atomic mass is 35.5. The molecule has 0 saturated carbocycles. The van der Waals surface area contributed by atoms with Gasteiger partial charge in [-0.2, -0.15) is 0 Å². The zero-order valence-electron chi connectivity index (χ0n) is 12.6. The fraction of sp³-hybridized carbons (Fsp3) is 0.500. The van der Waals surface area contributed by atoms with Gasteiger partial charge in [0.05, 0.1) is 10.7 Å². The summed E-state index contributed by atoms with van der Waals surface area (Å²) in [5.74, 6) is -0.518. The first kappa shape index (κ1) is 17.5. The van der Waals surface area contributed by atoms with Gasteiger partial charge in [-0.15, -0.1) is 0 Å². The lowest BCUT2D eigenvalue weighted by Crippen LogP contribution is -2.33. The van der Waals surface area contributed by atoms with Crippen LogP contribution < -0.4 is 4.98 Å². The minimum atomic E-state index is -2.01. The number of pyridine rings is 1. The summed E-state index contributed by atoms with van der Waals surface area (Å²) >= 11 is 12.2. The fourth-order valence-electron chi connectivity index (χ4n) is 1.45. The van der Waals surface area contributed by atoms with Crippen molar-refractivity contribution in [1.29, 1.82) is 0 Å². The molecule has 0 bridgehead atoms. The molecule has 1 aromatic rings. The lowest BCUT2D eigenvalue weighted by Gasteiger charge is -2.22. The number of carbonyl (C=O) groups excluding carboxylic acids is 1. The molecule has 0 aliphatic rings. The topological polar surface area (TPSA) is 51.2 Å². The zero-order valence-corrected chi connectivity index (χ0v) is 16.1. The van der Waals surface area contributed by atoms with E-state index in [0.29, 0.717) is 5.69 Å². The first-order chi connectivity index (χ1) is 8.89. The summed E-state index contributed by atoms with van der Waals surface area (Å²) in [5, 5.41) is 0.484. The molecule has 0 aliphatic carbocycles. The van der Waals surface area contributed by atoms with Crippen LogP contribution >= 0.6 is 23.2 Å². The third kappa shape index (κ3) is 5.43. The molecule has 20 heavy (non-hydrogen) atoms. The molecule has 0 radical (unpaired) electrons. The Balaban J connectivity index is 3.18. The van der Waals surface area contributed by atoms with Crippen LogP contribution in [0.3, 0.4) is 0 Å². The van der Waals surface area contributed by atoms with Crippen LogP contribution in [0.5, 0.6) is 0 Å². The van der Waals surface area contributed by atoms with E-state index >= 15 is 0 Å². The molecule has 4 nitrogen and oxygen atoms in total. The minimum absolute atomic E-state index is 0.0716. The summed E-state index contributed by atoms with van der Waals surface area (Å²) in [4.78, 5) is 19.5. The van der Waals surface area contributed by atoms with Gasteiger partial charge in [0, 0.05) is 0 Å². The molecule has 0 spiro atoms. The molecule has 0 aliphatic heterocycles. The molecule has 1 aromatic heterocycles. The minimum Gasteiger partial charge on any atom is -0.515 e. The second-order valence-electron chi connectivity index (χ2n) is 6.53. The van der Waals surface area contributed by atoms with E-state index in [0.717, 1.165) is 0 Å². The van der Waals surface area contributed by atoms with Gasteiger partial charge in [0.2, 0.25) is 8.32 Å². The smallest absolute Gasteiger partial charge is 0.345 e. The summed E-state index contributed by atoms with van der Waals surface area (Å²) in [6.45, 7) is 12.1. The standard InChI is InChI=1S/C12H20Cl2N2O2Si2/c1-19(2,3)16-8-7-9(13)15-11(10(8)14)12(17)18-20(4,5)6/h7H,1-6H3,(H,15,16). The van der Waals surface area contributed by atoms with Crippen molar-refractivity contribution >= 4 is 51.4 Å². The predicted octanol–water partition coefficient (Wildman–Crippen LogP) is 4.63. The summed E-state index contributed by atoms with van der Waals surface area (Å²) in [7, 11) is -3.63. The molecule has 0 aromatic carbocycles. The van der Waals surface area contributed by atoms with Gasteiger partial charge in [0.25, 0.3) is 0 Å². The summed E-state index contributed by atoms with van der Waals surface area (Å²) in [6, 6.07) is 1.63. The summed E-state index contributed by atoms with van der Waals surface area (Å²) in [6.07, 6.45) is 0. The number of carbonyl (C=O) groups is 1. The van der Waals surface area contributed by atoms with Crippen LogP contribution in [0.4, 0.5) is 5.69 Å². The average molecular weight is 351 g/mol. The Morgan fingerprint density at radius 1 is 1.20 bits per heavy atom. The van der Waals surface area contributed by atoms with E-state index in [1.54, 1.807) is 6.07 Å². The number of hydrogen-bond donors (Lipinski definition) is 1. The lowest BCUT2D eigenvalue weighted by atomic mass is 10.3. The van der Waals surface area contributed by atoms with Crippen LogP contribution in [0.1, 0.15) is 10.5 Å². The zero-order chi connectivity index (χ0) is 15.7. The van der Waals surface area contributed by atoms with Crippen LogP contribution in [-0.2, 0) is 4.43 Å². The van der Waals surface area contributed by atoms with Crippen molar-refractivity contribution in [3.05, 3.63) is 21.9 Å². The van der Waals surface area contributed by atoms with Gasteiger partial charge in [-0.05, 0) is 25.7 Å². The second-order valence-corrected chi connectivity index (χ2v) is 16.5. The highest BCUT2D eigenvalue weighted by molar-refractivity contribution is 6.79. The normalized spacial score (nSPS) is 12.2. The maximum Gasteiger partial charge on any atom is 0.345 e. The molecule has 0 amide bonds. The van der Waals surface area contributed by atoms with Crippen molar-refractivity contribution in [3.63, 3.8) is 0 Å². The van der Waals surface area contributed by atoms with Gasteiger partial charge in [-0.3, -0.25) is 0 Å². The van der Waals surface area contributed by atoms with E-state index in [1.165, 1.54) is 0 Å². The Kier molecular flexibility index (Phi) is 5.29. The summed E-state index contributed by atoms with van der Waals surface area (Å²) < 4.78 is 5.42. The maximum atomic E-state index is 12.1. The van der Waals surface area contributed by atoms with E-state index in [2.05, 4.69) is 29.6 Å². The van der Waals surface area contributed by atoms with Gasteiger partial charge in [-0.1, -0.05) is 42.8 Å². The molecular formula is C12H20Cl2N2O2Si2. The number of nitrogens with one attached hydrogen (secondary N) is 1. The molecule has 0 fully saturated rings. The van der Waals surface area contributed by atoms with Gasteiger partial charge >= 0.3 is 5.97 Å². The van der Waals surface area contributed by atoms with Crippen LogP contribution in [0, 0.1) is 0 Å². The van der Waals surface area contributed by atoms with Crippen LogP contribution in [-0.4, -0.2) is 27.5 Å². The molecular weight excluding hydrogens is 331 g/mol. The molecule has 1 heterocycles. The van der Waals surface area contributed by atoms with Crippen molar-refractivity contribution in [2.24, 2.45) is 0 Å². The number of rotatable bonds is 4.